The molecular formula is C15H20N2O. The molecule has 2 fully saturated rings. The summed E-state index contributed by atoms with van der Waals surface area (Å²) in [7, 11) is 0. The molecule has 0 bridgehead atoms. The minimum absolute atomic E-state index is 0.251. The van der Waals surface area contributed by atoms with Crippen molar-refractivity contribution in [1.82, 2.24) is 10.2 Å². The molecule has 0 saturated carbocycles. The van der Waals surface area contributed by atoms with E-state index in [1.807, 2.05) is 0 Å². The third-order valence-corrected chi connectivity index (χ3v) is 4.18. The summed E-state index contributed by atoms with van der Waals surface area (Å²) in [6.45, 7) is 3.25. The number of hydrogen-bond acceptors (Lipinski definition) is 2. The first-order valence-corrected chi connectivity index (χ1v) is 6.87. The summed E-state index contributed by atoms with van der Waals surface area (Å²) in [4.78, 5) is 13.9. The van der Waals surface area contributed by atoms with Crippen LogP contribution in [0.1, 0.15) is 24.8 Å². The summed E-state index contributed by atoms with van der Waals surface area (Å²) in [5.41, 5.74) is 1.38. The highest BCUT2D eigenvalue weighted by Gasteiger charge is 2.34. The third kappa shape index (κ3) is 2.56. The number of carbonyl (C=O) groups is 1. The van der Waals surface area contributed by atoms with Gasteiger partial charge in [-0.1, -0.05) is 30.3 Å². The molecule has 96 valence electrons. The van der Waals surface area contributed by atoms with Gasteiger partial charge in [-0.3, -0.25) is 9.69 Å². The standard InChI is InChI=1S/C15H20N2O/c18-15-10-13-6-8-17(9-7-14(13)16-15)11-12-4-2-1-3-5-12/h1-5,13-14H,6-11H2,(H,16,18). The fourth-order valence-electron chi connectivity index (χ4n) is 3.16. The van der Waals surface area contributed by atoms with Crippen LogP contribution in [-0.4, -0.2) is 29.9 Å². The molecule has 3 heteroatoms. The fourth-order valence-corrected chi connectivity index (χ4v) is 3.16. The van der Waals surface area contributed by atoms with Crippen LogP contribution in [0.5, 0.6) is 0 Å². The highest BCUT2D eigenvalue weighted by molar-refractivity contribution is 5.79. The second-order valence-corrected chi connectivity index (χ2v) is 5.48. The number of carbonyl (C=O) groups excluding carboxylic acids is 1. The number of amides is 1. The number of rotatable bonds is 2. The van der Waals surface area contributed by atoms with Crippen molar-refractivity contribution in [2.24, 2.45) is 5.92 Å². The van der Waals surface area contributed by atoms with Gasteiger partial charge < -0.3 is 5.32 Å². The Bertz CT molecular complexity index is 400. The van der Waals surface area contributed by atoms with E-state index in [2.05, 4.69) is 40.5 Å². The van der Waals surface area contributed by atoms with Gasteiger partial charge in [-0.25, -0.2) is 0 Å². The van der Waals surface area contributed by atoms with Crippen LogP contribution in [0.25, 0.3) is 0 Å². The summed E-state index contributed by atoms with van der Waals surface area (Å²) >= 11 is 0. The molecule has 3 rings (SSSR count). The Kier molecular flexibility index (Phi) is 3.33. The zero-order valence-electron chi connectivity index (χ0n) is 10.6. The molecule has 1 amide bonds. The zero-order valence-corrected chi connectivity index (χ0v) is 10.6. The summed E-state index contributed by atoms with van der Waals surface area (Å²) in [5.74, 6) is 0.819. The normalized spacial score (nSPS) is 28.6. The van der Waals surface area contributed by atoms with E-state index in [1.54, 1.807) is 0 Å². The average Bonchev–Trinajstić information content (AvgIpc) is 2.65. The highest BCUT2D eigenvalue weighted by atomic mass is 16.2. The van der Waals surface area contributed by atoms with Gasteiger partial charge in [-0.05, 0) is 30.9 Å². The minimum Gasteiger partial charge on any atom is -0.353 e. The molecule has 18 heavy (non-hydrogen) atoms. The molecule has 0 aliphatic carbocycles. The summed E-state index contributed by atoms with van der Waals surface area (Å²) in [5, 5.41) is 3.11. The van der Waals surface area contributed by atoms with Gasteiger partial charge in [0.25, 0.3) is 0 Å². The Morgan fingerprint density at radius 3 is 2.78 bits per heavy atom. The Morgan fingerprint density at radius 1 is 1.17 bits per heavy atom. The molecule has 2 aliphatic heterocycles. The van der Waals surface area contributed by atoms with E-state index >= 15 is 0 Å². The van der Waals surface area contributed by atoms with Gasteiger partial charge in [-0.15, -0.1) is 0 Å². The maximum atomic E-state index is 11.4. The van der Waals surface area contributed by atoms with E-state index < -0.39 is 0 Å². The average molecular weight is 244 g/mol. The minimum atomic E-state index is 0.251. The lowest BCUT2D eigenvalue weighted by Crippen LogP contribution is -2.30. The van der Waals surface area contributed by atoms with Crippen LogP contribution in [0.2, 0.25) is 0 Å². The van der Waals surface area contributed by atoms with Crippen LogP contribution < -0.4 is 5.32 Å². The van der Waals surface area contributed by atoms with Gasteiger partial charge in [0, 0.05) is 25.6 Å². The molecule has 2 saturated heterocycles. The number of hydrogen-bond donors (Lipinski definition) is 1. The predicted octanol–water partition coefficient (Wildman–Crippen LogP) is 1.79. The van der Waals surface area contributed by atoms with Gasteiger partial charge in [0.05, 0.1) is 0 Å². The van der Waals surface area contributed by atoms with E-state index in [4.69, 9.17) is 0 Å². The van der Waals surface area contributed by atoms with Gasteiger partial charge >= 0.3 is 0 Å². The monoisotopic (exact) mass is 244 g/mol. The lowest BCUT2D eigenvalue weighted by atomic mass is 9.96. The Hall–Kier alpha value is -1.35. The van der Waals surface area contributed by atoms with Crippen LogP contribution in [0.15, 0.2) is 30.3 Å². The fraction of sp³-hybridized carbons (Fsp3) is 0.533. The lowest BCUT2D eigenvalue weighted by molar-refractivity contribution is -0.119. The molecule has 0 spiro atoms. The van der Waals surface area contributed by atoms with E-state index in [9.17, 15) is 4.79 Å². The maximum absolute atomic E-state index is 11.4. The molecular weight excluding hydrogens is 224 g/mol. The number of benzene rings is 1. The molecule has 2 unspecified atom stereocenters. The number of likely N-dealkylation sites (tertiary alicyclic amines) is 1. The van der Waals surface area contributed by atoms with Crippen molar-refractivity contribution in [2.75, 3.05) is 13.1 Å². The van der Waals surface area contributed by atoms with Crippen molar-refractivity contribution in [2.45, 2.75) is 31.8 Å². The van der Waals surface area contributed by atoms with Crippen LogP contribution in [0.3, 0.4) is 0 Å². The molecule has 0 aromatic heterocycles. The van der Waals surface area contributed by atoms with Crippen molar-refractivity contribution in [3.05, 3.63) is 35.9 Å². The molecule has 1 aromatic rings. The van der Waals surface area contributed by atoms with Gasteiger partial charge in [0.15, 0.2) is 0 Å². The first kappa shape index (κ1) is 11.7. The van der Waals surface area contributed by atoms with Crippen molar-refractivity contribution in [3.8, 4) is 0 Å². The molecule has 1 aromatic carbocycles. The molecule has 2 aliphatic rings. The van der Waals surface area contributed by atoms with Gasteiger partial charge in [-0.2, -0.15) is 0 Å². The molecule has 2 atom stereocenters. The highest BCUT2D eigenvalue weighted by Crippen LogP contribution is 2.26. The van der Waals surface area contributed by atoms with Crippen molar-refractivity contribution >= 4 is 5.91 Å². The Balaban J connectivity index is 1.59. The van der Waals surface area contributed by atoms with Gasteiger partial charge in [0.2, 0.25) is 5.91 Å². The van der Waals surface area contributed by atoms with Gasteiger partial charge in [0.1, 0.15) is 0 Å². The smallest absolute Gasteiger partial charge is 0.220 e. The topological polar surface area (TPSA) is 32.3 Å². The molecule has 3 nitrogen and oxygen atoms in total. The van der Waals surface area contributed by atoms with Crippen molar-refractivity contribution in [3.63, 3.8) is 0 Å². The van der Waals surface area contributed by atoms with E-state index in [-0.39, 0.29) is 5.91 Å². The second kappa shape index (κ2) is 5.11. The van der Waals surface area contributed by atoms with Crippen LogP contribution >= 0.6 is 0 Å². The number of nitrogens with zero attached hydrogens (tertiary/aromatic N) is 1. The largest absolute Gasteiger partial charge is 0.353 e. The summed E-state index contributed by atoms with van der Waals surface area (Å²) in [6, 6.07) is 11.1. The predicted molar refractivity (Wildman–Crippen MR) is 71.0 cm³/mol. The van der Waals surface area contributed by atoms with E-state index in [0.29, 0.717) is 12.0 Å². The second-order valence-electron chi connectivity index (χ2n) is 5.48. The number of fused-ring (bicyclic) bond motifs is 1. The van der Waals surface area contributed by atoms with Crippen LogP contribution in [0, 0.1) is 5.92 Å². The number of nitrogens with one attached hydrogen (secondary N) is 1. The van der Waals surface area contributed by atoms with E-state index in [0.717, 1.165) is 38.9 Å². The Labute approximate surface area is 108 Å². The summed E-state index contributed by atoms with van der Waals surface area (Å²) < 4.78 is 0. The Morgan fingerprint density at radius 2 is 1.94 bits per heavy atom. The van der Waals surface area contributed by atoms with Crippen LogP contribution in [-0.2, 0) is 11.3 Å². The van der Waals surface area contributed by atoms with E-state index in [1.165, 1.54) is 5.56 Å². The lowest BCUT2D eigenvalue weighted by Gasteiger charge is -2.20. The molecule has 0 radical (unpaired) electrons. The maximum Gasteiger partial charge on any atom is 0.220 e. The molecule has 2 heterocycles. The summed E-state index contributed by atoms with van der Waals surface area (Å²) in [6.07, 6.45) is 2.99. The first-order valence-electron chi connectivity index (χ1n) is 6.87. The van der Waals surface area contributed by atoms with Crippen molar-refractivity contribution in [1.29, 1.82) is 0 Å². The zero-order chi connectivity index (χ0) is 12.4. The van der Waals surface area contributed by atoms with Crippen molar-refractivity contribution < 1.29 is 4.79 Å². The quantitative estimate of drug-likeness (QED) is 0.860. The first-order chi connectivity index (χ1) is 8.81. The molecule has 1 N–H and O–H groups in total. The SMILES string of the molecule is O=C1CC2CCN(Cc3ccccc3)CCC2N1. The third-order valence-electron chi connectivity index (χ3n) is 4.18. The van der Waals surface area contributed by atoms with Crippen LogP contribution in [0.4, 0.5) is 0 Å².